The number of nitrogens with one attached hydrogen (secondary N) is 3. The van der Waals surface area contributed by atoms with Crippen molar-refractivity contribution in [3.05, 3.63) is 57.8 Å². The topological polar surface area (TPSA) is 106 Å². The first kappa shape index (κ1) is 32.7. The molecule has 0 unspecified atom stereocenters. The van der Waals surface area contributed by atoms with Crippen molar-refractivity contribution in [1.82, 2.24) is 16.0 Å². The Morgan fingerprint density at radius 2 is 1.80 bits per heavy atom. The second kappa shape index (κ2) is 13.4. The average molecular weight is 622 g/mol. The molecule has 1 aliphatic heterocycles. The fourth-order valence-electron chi connectivity index (χ4n) is 7.44. The lowest BCUT2D eigenvalue weighted by Crippen LogP contribution is -2.65. The summed E-state index contributed by atoms with van der Waals surface area (Å²) in [5, 5.41) is 10.7. The molecular formula is C34H48BN3O5S. The van der Waals surface area contributed by atoms with E-state index in [1.54, 1.807) is 24.3 Å². The molecule has 4 fully saturated rings. The van der Waals surface area contributed by atoms with Crippen molar-refractivity contribution >= 4 is 36.2 Å². The van der Waals surface area contributed by atoms with Crippen LogP contribution in [0.15, 0.2) is 41.8 Å². The molecule has 1 saturated heterocycles. The van der Waals surface area contributed by atoms with Crippen LogP contribution in [0.3, 0.4) is 0 Å². The molecule has 2 aromatic rings. The van der Waals surface area contributed by atoms with Gasteiger partial charge in [-0.25, -0.2) is 0 Å². The van der Waals surface area contributed by atoms with Crippen LogP contribution in [0, 0.1) is 23.2 Å². The highest BCUT2D eigenvalue weighted by atomic mass is 32.1. The number of amides is 3. The summed E-state index contributed by atoms with van der Waals surface area (Å²) in [6.07, 6.45) is 5.90. The summed E-state index contributed by atoms with van der Waals surface area (Å²) in [6.45, 7) is 13.1. The molecule has 1 aromatic heterocycles. The predicted molar refractivity (Wildman–Crippen MR) is 174 cm³/mol. The first-order valence-electron chi connectivity index (χ1n) is 16.3. The molecule has 3 saturated carbocycles. The molecule has 238 valence electrons. The summed E-state index contributed by atoms with van der Waals surface area (Å²) in [6, 6.07) is 10.0. The number of hydrogen-bond donors (Lipinski definition) is 3. The SMILES string of the molecule is CCCCc1ccc(C(=O)N[C@@H](CNC(=O)c2cccs2)C(=O)N[C@@H](CC(C)C)B2O[C@@H]3C[C@H]4C[C@H](C4(C)C)[C@]3(C)O2)cc1. The van der Waals surface area contributed by atoms with Crippen LogP contribution in [-0.4, -0.2) is 55.1 Å². The van der Waals surface area contributed by atoms with Crippen LogP contribution in [0.1, 0.15) is 99.2 Å². The van der Waals surface area contributed by atoms with Crippen molar-refractivity contribution in [1.29, 1.82) is 0 Å². The lowest BCUT2D eigenvalue weighted by molar-refractivity contribution is -0.199. The molecule has 3 aliphatic carbocycles. The van der Waals surface area contributed by atoms with Gasteiger partial charge in [0.05, 0.1) is 22.5 Å². The van der Waals surface area contributed by atoms with Gasteiger partial charge in [-0.2, -0.15) is 0 Å². The van der Waals surface area contributed by atoms with Gasteiger partial charge in [-0.3, -0.25) is 14.4 Å². The molecule has 3 N–H and O–H groups in total. The van der Waals surface area contributed by atoms with Gasteiger partial charge in [-0.05, 0) is 91.3 Å². The summed E-state index contributed by atoms with van der Waals surface area (Å²) in [5.41, 5.74) is 1.45. The van der Waals surface area contributed by atoms with Crippen LogP contribution in [0.2, 0.25) is 0 Å². The van der Waals surface area contributed by atoms with Crippen molar-refractivity contribution in [3.8, 4) is 0 Å². The summed E-state index contributed by atoms with van der Waals surface area (Å²) in [4.78, 5) is 40.6. The van der Waals surface area contributed by atoms with E-state index in [0.29, 0.717) is 28.7 Å². The molecule has 0 spiro atoms. The van der Waals surface area contributed by atoms with E-state index in [9.17, 15) is 14.4 Å². The number of aryl methyl sites for hydroxylation is 1. The minimum absolute atomic E-state index is 0.00304. The van der Waals surface area contributed by atoms with Gasteiger partial charge in [-0.15, -0.1) is 11.3 Å². The molecule has 2 bridgehead atoms. The zero-order valence-corrected chi connectivity index (χ0v) is 27.8. The van der Waals surface area contributed by atoms with Crippen LogP contribution >= 0.6 is 11.3 Å². The van der Waals surface area contributed by atoms with E-state index in [0.717, 1.165) is 32.1 Å². The number of unbranched alkanes of at least 4 members (excludes halogenated alkanes) is 1. The molecule has 8 nitrogen and oxygen atoms in total. The molecule has 10 heteroatoms. The quantitative estimate of drug-likeness (QED) is 0.259. The first-order chi connectivity index (χ1) is 20.9. The average Bonchev–Trinajstić information content (AvgIpc) is 3.65. The number of rotatable bonds is 13. The van der Waals surface area contributed by atoms with Gasteiger partial charge < -0.3 is 25.3 Å². The molecule has 0 radical (unpaired) electrons. The number of benzene rings is 1. The van der Waals surface area contributed by atoms with E-state index in [-0.39, 0.29) is 41.7 Å². The van der Waals surface area contributed by atoms with Gasteiger partial charge >= 0.3 is 7.12 Å². The smallest absolute Gasteiger partial charge is 0.404 e. The molecule has 2 heterocycles. The Hall–Kier alpha value is -2.69. The largest absolute Gasteiger partial charge is 0.481 e. The van der Waals surface area contributed by atoms with Gasteiger partial charge in [0.2, 0.25) is 5.91 Å². The molecule has 6 atom stereocenters. The highest BCUT2D eigenvalue weighted by Gasteiger charge is 2.68. The highest BCUT2D eigenvalue weighted by Crippen LogP contribution is 2.65. The van der Waals surface area contributed by atoms with Crippen LogP contribution in [0.25, 0.3) is 0 Å². The Morgan fingerprint density at radius 3 is 2.43 bits per heavy atom. The van der Waals surface area contributed by atoms with Gasteiger partial charge in [0.15, 0.2) is 0 Å². The maximum atomic E-state index is 13.9. The van der Waals surface area contributed by atoms with Crippen LogP contribution in [-0.2, 0) is 20.5 Å². The lowest BCUT2D eigenvalue weighted by atomic mass is 9.43. The van der Waals surface area contributed by atoms with Crippen LogP contribution < -0.4 is 16.0 Å². The van der Waals surface area contributed by atoms with E-state index >= 15 is 0 Å². The standard InChI is InChI=1S/C34H48BN3O5S/c1-7-8-10-22-12-14-23(15-13-22)30(39)37-25(20-36-32(41)26-11-9-16-44-26)31(40)38-29(17-21(2)3)35-42-28-19-24-18-27(33(24,4)5)34(28,6)43-35/h9,11-16,21,24-25,27-29H,7-8,10,17-20H2,1-6H3,(H,36,41)(H,37,39)(H,38,40)/t24-,25+,27-,28-,29+,34+/m1/s1. The van der Waals surface area contributed by atoms with Crippen molar-refractivity contribution in [2.75, 3.05) is 6.54 Å². The fourth-order valence-corrected chi connectivity index (χ4v) is 8.08. The maximum Gasteiger partial charge on any atom is 0.481 e. The number of thiophene rings is 1. The second-order valence-electron chi connectivity index (χ2n) is 14.1. The van der Waals surface area contributed by atoms with Gasteiger partial charge in [-0.1, -0.05) is 59.2 Å². The Morgan fingerprint density at radius 1 is 1.05 bits per heavy atom. The molecule has 1 aromatic carbocycles. The van der Waals surface area contributed by atoms with E-state index in [1.807, 2.05) is 17.5 Å². The molecule has 6 rings (SSSR count). The molecular weight excluding hydrogens is 573 g/mol. The number of carbonyl (C=O) groups excluding carboxylic acids is 3. The lowest BCUT2D eigenvalue weighted by Gasteiger charge is -2.64. The third-order valence-electron chi connectivity index (χ3n) is 10.2. The summed E-state index contributed by atoms with van der Waals surface area (Å²) < 4.78 is 13.3. The van der Waals surface area contributed by atoms with E-state index in [4.69, 9.17) is 9.31 Å². The minimum Gasteiger partial charge on any atom is -0.404 e. The first-order valence-corrected chi connectivity index (χ1v) is 17.2. The normalized spacial score (nSPS) is 26.3. The zero-order chi connectivity index (χ0) is 31.6. The van der Waals surface area contributed by atoms with Crippen molar-refractivity contribution < 1.29 is 23.7 Å². The maximum absolute atomic E-state index is 13.9. The Balaban J connectivity index is 1.30. The summed E-state index contributed by atoms with van der Waals surface area (Å²) in [5.74, 6) is -0.141. The Kier molecular flexibility index (Phi) is 9.92. The molecule has 3 amide bonds. The Bertz CT molecular complexity index is 1320. The Labute approximate surface area is 266 Å². The van der Waals surface area contributed by atoms with E-state index in [2.05, 4.69) is 57.5 Å². The van der Waals surface area contributed by atoms with Crippen LogP contribution in [0.5, 0.6) is 0 Å². The third kappa shape index (κ3) is 6.77. The van der Waals surface area contributed by atoms with Gasteiger partial charge in [0.1, 0.15) is 6.04 Å². The minimum atomic E-state index is -0.994. The highest BCUT2D eigenvalue weighted by molar-refractivity contribution is 7.12. The van der Waals surface area contributed by atoms with Crippen molar-refractivity contribution in [3.63, 3.8) is 0 Å². The summed E-state index contributed by atoms with van der Waals surface area (Å²) in [7, 11) is -0.584. The molecule has 44 heavy (non-hydrogen) atoms. The van der Waals surface area contributed by atoms with Crippen molar-refractivity contribution in [2.24, 2.45) is 23.2 Å². The number of hydrogen-bond acceptors (Lipinski definition) is 6. The monoisotopic (exact) mass is 621 g/mol. The zero-order valence-electron chi connectivity index (χ0n) is 27.0. The predicted octanol–water partition coefficient (Wildman–Crippen LogP) is 5.42. The second-order valence-corrected chi connectivity index (χ2v) is 15.0. The van der Waals surface area contributed by atoms with Crippen molar-refractivity contribution in [2.45, 2.75) is 104 Å². The van der Waals surface area contributed by atoms with Gasteiger partial charge in [0.25, 0.3) is 11.8 Å². The molecule has 4 aliphatic rings. The van der Waals surface area contributed by atoms with E-state index < -0.39 is 24.7 Å². The van der Waals surface area contributed by atoms with E-state index in [1.165, 1.54) is 16.9 Å². The van der Waals surface area contributed by atoms with Gasteiger partial charge in [0, 0.05) is 12.1 Å². The third-order valence-corrected chi connectivity index (χ3v) is 11.1. The fraction of sp³-hybridized carbons (Fsp3) is 0.618. The van der Waals surface area contributed by atoms with Crippen LogP contribution in [0.4, 0.5) is 0 Å². The summed E-state index contributed by atoms with van der Waals surface area (Å²) >= 11 is 1.32. The number of carbonyl (C=O) groups is 3.